The molecular formula is C12H9N3O4. The number of benzene rings is 1. The number of carbonyl (C=O) groups is 2. The molecule has 0 fully saturated rings. The molecule has 19 heavy (non-hydrogen) atoms. The Balaban J connectivity index is 2.42. The second-order valence-corrected chi connectivity index (χ2v) is 3.72. The van der Waals surface area contributed by atoms with Crippen LogP contribution >= 0.6 is 0 Å². The Morgan fingerprint density at radius 1 is 1.21 bits per heavy atom. The molecule has 0 aliphatic rings. The Morgan fingerprint density at radius 3 is 2.32 bits per heavy atom. The van der Waals surface area contributed by atoms with E-state index in [4.69, 9.17) is 10.8 Å². The van der Waals surface area contributed by atoms with E-state index in [0.29, 0.717) is 11.1 Å². The van der Waals surface area contributed by atoms with E-state index in [-0.39, 0.29) is 5.82 Å². The molecule has 4 N–H and O–H groups in total. The van der Waals surface area contributed by atoms with E-state index in [1.807, 2.05) is 0 Å². The predicted molar refractivity (Wildman–Crippen MR) is 65.8 cm³/mol. The van der Waals surface area contributed by atoms with Gasteiger partial charge in [0.05, 0.1) is 0 Å². The maximum absolute atomic E-state index is 11.5. The number of hydrogen-bond donors (Lipinski definition) is 3. The topological polar surface area (TPSA) is 126 Å². The van der Waals surface area contributed by atoms with Crippen molar-refractivity contribution in [3.05, 3.63) is 51.9 Å². The largest absolute Gasteiger partial charge is 0.477 e. The first-order valence-electron chi connectivity index (χ1n) is 5.22. The molecule has 0 aliphatic carbocycles. The maximum Gasteiger partial charge on any atom is 0.342 e. The lowest BCUT2D eigenvalue weighted by atomic mass is 10.1. The highest BCUT2D eigenvalue weighted by atomic mass is 16.4. The monoisotopic (exact) mass is 259 g/mol. The summed E-state index contributed by atoms with van der Waals surface area (Å²) in [5, 5.41) is 8.71. The van der Waals surface area contributed by atoms with Crippen molar-refractivity contribution >= 4 is 11.9 Å². The Hall–Kier alpha value is -2.96. The van der Waals surface area contributed by atoms with Gasteiger partial charge in [-0.05, 0) is 12.1 Å². The van der Waals surface area contributed by atoms with Crippen molar-refractivity contribution in [3.63, 3.8) is 0 Å². The number of primary amides is 1. The first-order valence-corrected chi connectivity index (χ1v) is 5.22. The van der Waals surface area contributed by atoms with Crippen molar-refractivity contribution in [1.29, 1.82) is 0 Å². The number of aromatic carboxylic acids is 1. The number of nitrogens with zero attached hydrogens (tertiary/aromatic N) is 1. The molecule has 0 atom stereocenters. The van der Waals surface area contributed by atoms with Crippen LogP contribution in [0.3, 0.4) is 0 Å². The van der Waals surface area contributed by atoms with Crippen LogP contribution < -0.4 is 11.3 Å². The number of carboxylic acid groups (broad SMARTS) is 1. The van der Waals surface area contributed by atoms with Gasteiger partial charge < -0.3 is 15.8 Å². The molecule has 7 heteroatoms. The van der Waals surface area contributed by atoms with Gasteiger partial charge in [0.2, 0.25) is 5.91 Å². The predicted octanol–water partition coefficient (Wildman–Crippen LogP) is 0.234. The fraction of sp³-hybridized carbons (Fsp3) is 0. The Labute approximate surface area is 106 Å². The third kappa shape index (κ3) is 2.49. The van der Waals surface area contributed by atoms with Crippen LogP contribution in [0.1, 0.15) is 20.7 Å². The number of aromatic nitrogens is 2. The van der Waals surface area contributed by atoms with Crippen LogP contribution in [0.15, 0.2) is 35.3 Å². The molecule has 1 heterocycles. The van der Waals surface area contributed by atoms with Gasteiger partial charge in [0.25, 0.3) is 5.56 Å². The van der Waals surface area contributed by atoms with Gasteiger partial charge in [-0.3, -0.25) is 9.59 Å². The van der Waals surface area contributed by atoms with Crippen LogP contribution in [-0.4, -0.2) is 27.0 Å². The van der Waals surface area contributed by atoms with E-state index in [0.717, 1.165) is 6.20 Å². The zero-order valence-corrected chi connectivity index (χ0v) is 9.58. The van der Waals surface area contributed by atoms with Gasteiger partial charge in [0.15, 0.2) is 0 Å². The normalized spacial score (nSPS) is 10.1. The van der Waals surface area contributed by atoms with E-state index in [2.05, 4.69) is 9.97 Å². The van der Waals surface area contributed by atoms with Gasteiger partial charge in [-0.25, -0.2) is 9.78 Å². The Bertz CT molecular complexity index is 704. The third-order valence-electron chi connectivity index (χ3n) is 2.47. The van der Waals surface area contributed by atoms with E-state index < -0.39 is 23.0 Å². The van der Waals surface area contributed by atoms with Gasteiger partial charge in [-0.15, -0.1) is 0 Å². The highest BCUT2D eigenvalue weighted by Gasteiger charge is 2.10. The van der Waals surface area contributed by atoms with Crippen LogP contribution in [-0.2, 0) is 0 Å². The molecule has 0 unspecified atom stereocenters. The molecule has 2 aromatic rings. The summed E-state index contributed by atoms with van der Waals surface area (Å²) in [7, 11) is 0. The van der Waals surface area contributed by atoms with E-state index in [1.54, 1.807) is 12.1 Å². The minimum Gasteiger partial charge on any atom is -0.477 e. The molecule has 96 valence electrons. The smallest absolute Gasteiger partial charge is 0.342 e. The van der Waals surface area contributed by atoms with E-state index in [9.17, 15) is 14.4 Å². The standard InChI is InChI=1S/C12H9N3O4/c13-9(16)6-1-3-7(4-2-6)10-14-5-8(12(18)19)11(17)15-10/h1-5H,(H2,13,16)(H,18,19)(H,14,15,17). The summed E-state index contributed by atoms with van der Waals surface area (Å²) in [6.45, 7) is 0. The number of nitrogens with two attached hydrogens (primary N) is 1. The lowest BCUT2D eigenvalue weighted by molar-refractivity contribution is 0.0694. The van der Waals surface area contributed by atoms with Gasteiger partial charge in [0.1, 0.15) is 11.4 Å². The summed E-state index contributed by atoms with van der Waals surface area (Å²) in [6, 6.07) is 6.09. The SMILES string of the molecule is NC(=O)c1ccc(-c2ncc(C(=O)O)c(=O)[nH]2)cc1. The minimum atomic E-state index is -1.34. The number of aromatic amines is 1. The number of amides is 1. The summed E-state index contributed by atoms with van der Waals surface area (Å²) in [6.07, 6.45) is 0.985. The number of carboxylic acids is 1. The van der Waals surface area contributed by atoms with Crippen molar-refractivity contribution in [2.24, 2.45) is 5.73 Å². The third-order valence-corrected chi connectivity index (χ3v) is 2.47. The zero-order valence-electron chi connectivity index (χ0n) is 9.58. The summed E-state index contributed by atoms with van der Waals surface area (Å²) in [5.41, 5.74) is 4.80. The molecular weight excluding hydrogens is 250 g/mol. The molecule has 0 spiro atoms. The van der Waals surface area contributed by atoms with Gasteiger partial charge >= 0.3 is 5.97 Å². The molecule has 1 aromatic carbocycles. The lowest BCUT2D eigenvalue weighted by Crippen LogP contribution is -2.18. The van der Waals surface area contributed by atoms with Crippen LogP contribution in [0.25, 0.3) is 11.4 Å². The quantitative estimate of drug-likeness (QED) is 0.727. The van der Waals surface area contributed by atoms with Gasteiger partial charge in [0, 0.05) is 17.3 Å². The van der Waals surface area contributed by atoms with Crippen molar-refractivity contribution in [1.82, 2.24) is 9.97 Å². The first-order chi connectivity index (χ1) is 8.99. The van der Waals surface area contributed by atoms with Crippen molar-refractivity contribution < 1.29 is 14.7 Å². The summed E-state index contributed by atoms with van der Waals surface area (Å²) in [5.74, 6) is -1.69. The highest BCUT2D eigenvalue weighted by Crippen LogP contribution is 2.14. The molecule has 0 saturated carbocycles. The zero-order chi connectivity index (χ0) is 14.0. The summed E-state index contributed by atoms with van der Waals surface area (Å²) < 4.78 is 0. The van der Waals surface area contributed by atoms with Crippen molar-refractivity contribution in [3.8, 4) is 11.4 Å². The molecule has 0 saturated heterocycles. The first kappa shape index (κ1) is 12.5. The maximum atomic E-state index is 11.5. The number of hydrogen-bond acceptors (Lipinski definition) is 4. The lowest BCUT2D eigenvalue weighted by Gasteiger charge is -2.02. The van der Waals surface area contributed by atoms with Gasteiger partial charge in [-0.1, -0.05) is 12.1 Å². The molecule has 0 aliphatic heterocycles. The molecule has 1 aromatic heterocycles. The van der Waals surface area contributed by atoms with Crippen molar-refractivity contribution in [2.45, 2.75) is 0 Å². The van der Waals surface area contributed by atoms with Crippen LogP contribution in [0, 0.1) is 0 Å². The fourth-order valence-corrected chi connectivity index (χ4v) is 1.49. The summed E-state index contributed by atoms with van der Waals surface area (Å²) >= 11 is 0. The Kier molecular flexibility index (Phi) is 3.11. The fourth-order valence-electron chi connectivity index (χ4n) is 1.49. The van der Waals surface area contributed by atoms with E-state index >= 15 is 0 Å². The minimum absolute atomic E-state index is 0.214. The van der Waals surface area contributed by atoms with Gasteiger partial charge in [-0.2, -0.15) is 0 Å². The number of carbonyl (C=O) groups excluding carboxylic acids is 1. The molecule has 0 bridgehead atoms. The van der Waals surface area contributed by atoms with E-state index in [1.165, 1.54) is 12.1 Å². The molecule has 1 amide bonds. The number of nitrogens with one attached hydrogen (secondary N) is 1. The Morgan fingerprint density at radius 2 is 1.84 bits per heavy atom. The molecule has 0 radical (unpaired) electrons. The molecule has 7 nitrogen and oxygen atoms in total. The average molecular weight is 259 g/mol. The number of rotatable bonds is 3. The van der Waals surface area contributed by atoms with Crippen LogP contribution in [0.4, 0.5) is 0 Å². The second kappa shape index (κ2) is 4.73. The second-order valence-electron chi connectivity index (χ2n) is 3.72. The summed E-state index contributed by atoms with van der Waals surface area (Å²) in [4.78, 5) is 39.3. The van der Waals surface area contributed by atoms with Crippen LogP contribution in [0.2, 0.25) is 0 Å². The van der Waals surface area contributed by atoms with Crippen molar-refractivity contribution in [2.75, 3.05) is 0 Å². The highest BCUT2D eigenvalue weighted by molar-refractivity contribution is 5.93. The number of H-pyrrole nitrogens is 1. The average Bonchev–Trinajstić information content (AvgIpc) is 2.38. The molecule has 2 rings (SSSR count). The van der Waals surface area contributed by atoms with Crippen LogP contribution in [0.5, 0.6) is 0 Å².